The van der Waals surface area contributed by atoms with Crippen molar-refractivity contribution in [3.8, 4) is 0 Å². The first kappa shape index (κ1) is 19.5. The number of rotatable bonds is 13. The Kier molecular flexibility index (Phi) is 13.1. The van der Waals surface area contributed by atoms with Crippen molar-refractivity contribution in [2.75, 3.05) is 0 Å². The molecule has 0 nitrogen and oxygen atoms in total. The monoisotopic (exact) mass is 278 g/mol. The molecule has 0 aromatic carbocycles. The van der Waals surface area contributed by atoms with E-state index in [9.17, 15) is 0 Å². The van der Waals surface area contributed by atoms with Gasteiger partial charge in [-0.05, 0) is 30.6 Å². The lowest BCUT2D eigenvalue weighted by atomic mass is 9.92. The molecule has 0 aliphatic carbocycles. The van der Waals surface area contributed by atoms with E-state index in [4.69, 9.17) is 0 Å². The first-order valence-electron chi connectivity index (χ1n) is 8.85. The average Bonchev–Trinajstić information content (AvgIpc) is 2.43. The van der Waals surface area contributed by atoms with Crippen molar-refractivity contribution in [2.45, 2.75) is 85.5 Å². The Bertz CT molecular complexity index is 238. The fraction of sp³-hybridized carbons (Fsp3) is 0.800. The van der Waals surface area contributed by atoms with Gasteiger partial charge in [0.05, 0.1) is 0 Å². The Labute approximate surface area is 128 Å². The van der Waals surface area contributed by atoms with Crippen LogP contribution >= 0.6 is 0 Å². The summed E-state index contributed by atoms with van der Waals surface area (Å²) in [6, 6.07) is 0. The van der Waals surface area contributed by atoms with E-state index in [-0.39, 0.29) is 0 Å². The van der Waals surface area contributed by atoms with E-state index in [0.29, 0.717) is 0 Å². The van der Waals surface area contributed by atoms with E-state index < -0.39 is 0 Å². The van der Waals surface area contributed by atoms with Crippen molar-refractivity contribution in [1.29, 1.82) is 0 Å². The molecule has 0 amide bonds. The first-order chi connectivity index (χ1) is 9.60. The predicted octanol–water partition coefficient (Wildman–Crippen LogP) is 7.17. The molecule has 20 heavy (non-hydrogen) atoms. The summed E-state index contributed by atoms with van der Waals surface area (Å²) in [5.74, 6) is 2.68. The molecule has 0 fully saturated rings. The third-order valence-corrected chi connectivity index (χ3v) is 4.49. The minimum Gasteiger partial charge on any atom is -0.103 e. The second-order valence-corrected chi connectivity index (χ2v) is 6.82. The largest absolute Gasteiger partial charge is 0.103 e. The third-order valence-electron chi connectivity index (χ3n) is 4.49. The van der Waals surface area contributed by atoms with Gasteiger partial charge in [-0.15, -0.1) is 6.58 Å². The molecular formula is C20H38. The molecule has 0 heteroatoms. The molecule has 0 aliphatic rings. The van der Waals surface area contributed by atoms with Gasteiger partial charge in [0.2, 0.25) is 0 Å². The summed E-state index contributed by atoms with van der Waals surface area (Å²) in [4.78, 5) is 0. The van der Waals surface area contributed by atoms with E-state index in [2.05, 4.69) is 46.4 Å². The van der Waals surface area contributed by atoms with Gasteiger partial charge in [-0.25, -0.2) is 0 Å². The fourth-order valence-electron chi connectivity index (χ4n) is 2.62. The Morgan fingerprint density at radius 3 is 1.90 bits per heavy atom. The lowest BCUT2D eigenvalue weighted by molar-refractivity contribution is 0.392. The third kappa shape index (κ3) is 12.5. The highest BCUT2D eigenvalue weighted by Crippen LogP contribution is 2.21. The molecule has 0 heterocycles. The van der Waals surface area contributed by atoms with E-state index in [1.165, 1.54) is 51.4 Å². The van der Waals surface area contributed by atoms with E-state index >= 15 is 0 Å². The standard InChI is InChI=1S/C20H38/c1-6-8-9-10-13-19(4)16-12-17-20(5)15-11-14-18(3)7-2/h6,9-10,18-20H,1,7-8,11-17H2,2-5H3/b10-9+. The second-order valence-electron chi connectivity index (χ2n) is 6.82. The molecule has 0 N–H and O–H groups in total. The van der Waals surface area contributed by atoms with Crippen LogP contribution in [0.4, 0.5) is 0 Å². The van der Waals surface area contributed by atoms with Crippen molar-refractivity contribution < 1.29 is 0 Å². The van der Waals surface area contributed by atoms with Crippen LogP contribution in [0.25, 0.3) is 0 Å². The smallest absolute Gasteiger partial charge is 0.0172 e. The molecule has 0 radical (unpaired) electrons. The summed E-state index contributed by atoms with van der Waals surface area (Å²) >= 11 is 0. The number of allylic oxidation sites excluding steroid dienone is 3. The first-order valence-corrected chi connectivity index (χ1v) is 8.85. The molecule has 118 valence electrons. The van der Waals surface area contributed by atoms with Crippen molar-refractivity contribution in [2.24, 2.45) is 17.8 Å². The highest BCUT2D eigenvalue weighted by atomic mass is 14.1. The maximum atomic E-state index is 3.74. The van der Waals surface area contributed by atoms with Crippen LogP contribution in [0.3, 0.4) is 0 Å². The van der Waals surface area contributed by atoms with Crippen LogP contribution < -0.4 is 0 Å². The molecule has 0 aromatic rings. The topological polar surface area (TPSA) is 0 Å². The van der Waals surface area contributed by atoms with Gasteiger partial charge in [-0.3, -0.25) is 0 Å². The lowest BCUT2D eigenvalue weighted by Gasteiger charge is -2.14. The molecular weight excluding hydrogens is 240 g/mol. The minimum atomic E-state index is 0.836. The quantitative estimate of drug-likeness (QED) is 0.313. The van der Waals surface area contributed by atoms with Gasteiger partial charge < -0.3 is 0 Å². The summed E-state index contributed by atoms with van der Waals surface area (Å²) in [6.07, 6.45) is 18.6. The summed E-state index contributed by atoms with van der Waals surface area (Å²) in [6.45, 7) is 13.2. The zero-order valence-electron chi connectivity index (χ0n) is 14.5. The zero-order chi connectivity index (χ0) is 15.2. The fourth-order valence-corrected chi connectivity index (χ4v) is 2.62. The van der Waals surface area contributed by atoms with Crippen molar-refractivity contribution in [3.63, 3.8) is 0 Å². The molecule has 0 bridgehead atoms. The van der Waals surface area contributed by atoms with Crippen molar-refractivity contribution in [3.05, 3.63) is 24.8 Å². The van der Waals surface area contributed by atoms with Gasteiger partial charge in [0.15, 0.2) is 0 Å². The van der Waals surface area contributed by atoms with Crippen molar-refractivity contribution in [1.82, 2.24) is 0 Å². The molecule has 0 spiro atoms. The van der Waals surface area contributed by atoms with Crippen LogP contribution in [-0.2, 0) is 0 Å². The van der Waals surface area contributed by atoms with E-state index in [1.54, 1.807) is 0 Å². The Hall–Kier alpha value is -0.520. The maximum Gasteiger partial charge on any atom is -0.0172 e. The Balaban J connectivity index is 3.50. The molecule has 0 rings (SSSR count). The molecule has 0 aromatic heterocycles. The van der Waals surface area contributed by atoms with Gasteiger partial charge in [0, 0.05) is 0 Å². The minimum absolute atomic E-state index is 0.836. The van der Waals surface area contributed by atoms with Crippen LogP contribution in [-0.4, -0.2) is 0 Å². The van der Waals surface area contributed by atoms with Gasteiger partial charge >= 0.3 is 0 Å². The summed E-state index contributed by atoms with van der Waals surface area (Å²) < 4.78 is 0. The Morgan fingerprint density at radius 1 is 0.800 bits per heavy atom. The number of hydrogen-bond acceptors (Lipinski definition) is 0. The van der Waals surface area contributed by atoms with Gasteiger partial charge in [-0.2, -0.15) is 0 Å². The van der Waals surface area contributed by atoms with Gasteiger partial charge in [-0.1, -0.05) is 90.9 Å². The average molecular weight is 279 g/mol. The zero-order valence-corrected chi connectivity index (χ0v) is 14.5. The van der Waals surface area contributed by atoms with Crippen LogP contribution in [0.15, 0.2) is 24.8 Å². The van der Waals surface area contributed by atoms with Gasteiger partial charge in [0.25, 0.3) is 0 Å². The van der Waals surface area contributed by atoms with Gasteiger partial charge in [0.1, 0.15) is 0 Å². The van der Waals surface area contributed by atoms with Crippen LogP contribution in [0.1, 0.15) is 85.5 Å². The molecule has 3 atom stereocenters. The molecule has 0 aliphatic heterocycles. The predicted molar refractivity (Wildman–Crippen MR) is 94.1 cm³/mol. The summed E-state index contributed by atoms with van der Waals surface area (Å²) in [5.41, 5.74) is 0. The van der Waals surface area contributed by atoms with E-state index in [0.717, 1.165) is 24.2 Å². The van der Waals surface area contributed by atoms with Crippen LogP contribution in [0, 0.1) is 17.8 Å². The SMILES string of the molecule is C=CC/C=C/CC(C)CCCC(C)CCCC(C)CC. The van der Waals surface area contributed by atoms with E-state index in [1.807, 2.05) is 6.08 Å². The van der Waals surface area contributed by atoms with Crippen molar-refractivity contribution >= 4 is 0 Å². The highest BCUT2D eigenvalue weighted by Gasteiger charge is 2.06. The summed E-state index contributed by atoms with van der Waals surface area (Å²) in [7, 11) is 0. The summed E-state index contributed by atoms with van der Waals surface area (Å²) in [5, 5.41) is 0. The maximum absolute atomic E-state index is 3.74. The molecule has 0 saturated heterocycles. The second kappa shape index (κ2) is 13.5. The highest BCUT2D eigenvalue weighted by molar-refractivity contribution is 4.89. The number of hydrogen-bond donors (Lipinski definition) is 0. The lowest BCUT2D eigenvalue weighted by Crippen LogP contribution is -2.00. The molecule has 3 unspecified atom stereocenters. The Morgan fingerprint density at radius 2 is 1.35 bits per heavy atom. The van der Waals surface area contributed by atoms with Crippen LogP contribution in [0.5, 0.6) is 0 Å². The van der Waals surface area contributed by atoms with Crippen LogP contribution in [0.2, 0.25) is 0 Å². The normalized spacial score (nSPS) is 16.2. The molecule has 0 saturated carbocycles.